The van der Waals surface area contributed by atoms with Crippen LogP contribution < -0.4 is 5.32 Å². The van der Waals surface area contributed by atoms with Crippen LogP contribution in [0.25, 0.3) is 0 Å². The van der Waals surface area contributed by atoms with Gasteiger partial charge in [0.2, 0.25) is 5.91 Å². The van der Waals surface area contributed by atoms with Gasteiger partial charge in [0, 0.05) is 39.3 Å². The summed E-state index contributed by atoms with van der Waals surface area (Å²) in [7, 11) is 0. The predicted molar refractivity (Wildman–Crippen MR) is 90.3 cm³/mol. The third-order valence-corrected chi connectivity index (χ3v) is 5.04. The summed E-state index contributed by atoms with van der Waals surface area (Å²) in [5.41, 5.74) is 0. The maximum atomic E-state index is 12.0. The molecule has 1 amide bonds. The zero-order valence-electron chi connectivity index (χ0n) is 14.5. The number of piperazine rings is 1. The van der Waals surface area contributed by atoms with E-state index < -0.39 is 0 Å². The van der Waals surface area contributed by atoms with Gasteiger partial charge in [-0.15, -0.1) is 0 Å². The molecule has 1 saturated carbocycles. The molecule has 6 heteroatoms. The summed E-state index contributed by atoms with van der Waals surface area (Å²) in [6.45, 7) is 8.53. The molecule has 0 aromatic rings. The molecule has 2 N–H and O–H groups in total. The van der Waals surface area contributed by atoms with Gasteiger partial charge in [-0.25, -0.2) is 0 Å². The van der Waals surface area contributed by atoms with E-state index in [0.29, 0.717) is 31.7 Å². The first-order valence-corrected chi connectivity index (χ1v) is 9.13. The van der Waals surface area contributed by atoms with Gasteiger partial charge in [-0.3, -0.25) is 14.6 Å². The summed E-state index contributed by atoms with van der Waals surface area (Å²) in [5, 5.41) is 11.9. The quantitative estimate of drug-likeness (QED) is 0.628. The van der Waals surface area contributed by atoms with Crippen LogP contribution in [0, 0.1) is 5.92 Å². The molecule has 6 nitrogen and oxygen atoms in total. The maximum absolute atomic E-state index is 12.0. The standard InChI is InChI=1S/C17H33N3O3/c1-15-4-2-3-5-16(15)23-13-6-18-17(22)14-20-9-7-19(8-10-20)11-12-21/h15-16,21H,2-14H2,1H3,(H,18,22)/t15-,16-/m0/s1. The Morgan fingerprint density at radius 2 is 1.87 bits per heavy atom. The molecule has 0 aromatic carbocycles. The lowest BCUT2D eigenvalue weighted by Crippen LogP contribution is -2.50. The van der Waals surface area contributed by atoms with Crippen molar-refractivity contribution in [3.05, 3.63) is 0 Å². The third kappa shape index (κ3) is 6.75. The molecule has 0 bridgehead atoms. The van der Waals surface area contributed by atoms with Crippen LogP contribution in [-0.4, -0.2) is 85.9 Å². The van der Waals surface area contributed by atoms with E-state index in [4.69, 9.17) is 9.84 Å². The molecule has 1 aliphatic carbocycles. The number of β-amino-alcohol motifs (C(OH)–C–C–N with tert-alkyl or cyclic N) is 1. The number of amides is 1. The zero-order chi connectivity index (χ0) is 16.5. The van der Waals surface area contributed by atoms with E-state index in [1.807, 2.05) is 0 Å². The Morgan fingerprint density at radius 3 is 2.57 bits per heavy atom. The SMILES string of the molecule is C[C@H]1CCCC[C@@H]1OCCNC(=O)CN1CCN(CCO)CC1. The molecule has 2 atom stereocenters. The van der Waals surface area contributed by atoms with Crippen LogP contribution in [0.1, 0.15) is 32.6 Å². The monoisotopic (exact) mass is 327 g/mol. The molecule has 0 unspecified atom stereocenters. The van der Waals surface area contributed by atoms with Crippen LogP contribution in [-0.2, 0) is 9.53 Å². The fourth-order valence-electron chi connectivity index (χ4n) is 3.50. The molecular formula is C17H33N3O3. The summed E-state index contributed by atoms with van der Waals surface area (Å²) in [6.07, 6.45) is 5.39. The summed E-state index contributed by atoms with van der Waals surface area (Å²) >= 11 is 0. The molecule has 1 saturated heterocycles. The number of carbonyl (C=O) groups is 1. The Morgan fingerprint density at radius 1 is 1.17 bits per heavy atom. The molecule has 0 spiro atoms. The lowest BCUT2D eigenvalue weighted by atomic mass is 9.88. The highest BCUT2D eigenvalue weighted by molar-refractivity contribution is 5.77. The van der Waals surface area contributed by atoms with Gasteiger partial charge >= 0.3 is 0 Å². The van der Waals surface area contributed by atoms with E-state index in [1.54, 1.807) is 0 Å². The molecule has 2 fully saturated rings. The molecule has 2 rings (SSSR count). The minimum atomic E-state index is 0.0842. The topological polar surface area (TPSA) is 65.0 Å². The van der Waals surface area contributed by atoms with Gasteiger partial charge in [0.05, 0.1) is 25.9 Å². The van der Waals surface area contributed by atoms with Gasteiger partial charge in [-0.2, -0.15) is 0 Å². The molecule has 134 valence electrons. The first-order chi connectivity index (χ1) is 11.2. The van der Waals surface area contributed by atoms with Gasteiger partial charge in [0.1, 0.15) is 0 Å². The van der Waals surface area contributed by atoms with Gasteiger partial charge in [-0.1, -0.05) is 19.8 Å². The predicted octanol–water partition coefficient (Wildman–Crippen LogP) is 0.308. The Hall–Kier alpha value is -0.690. The number of hydrogen-bond acceptors (Lipinski definition) is 5. The number of aliphatic hydroxyl groups is 1. The van der Waals surface area contributed by atoms with Crippen molar-refractivity contribution in [2.45, 2.75) is 38.7 Å². The fraction of sp³-hybridized carbons (Fsp3) is 0.941. The number of rotatable bonds is 8. The van der Waals surface area contributed by atoms with Gasteiger partial charge in [-0.05, 0) is 18.8 Å². The van der Waals surface area contributed by atoms with E-state index in [-0.39, 0.29) is 12.5 Å². The number of nitrogens with one attached hydrogen (secondary N) is 1. The molecular weight excluding hydrogens is 294 g/mol. The zero-order valence-corrected chi connectivity index (χ0v) is 14.5. The Kier molecular flexibility index (Phi) is 8.30. The number of carbonyl (C=O) groups excluding carboxylic acids is 1. The molecule has 2 aliphatic rings. The average molecular weight is 327 g/mol. The second-order valence-corrected chi connectivity index (χ2v) is 6.86. The first-order valence-electron chi connectivity index (χ1n) is 9.13. The van der Waals surface area contributed by atoms with E-state index in [1.165, 1.54) is 19.3 Å². The van der Waals surface area contributed by atoms with Crippen LogP contribution in [0.3, 0.4) is 0 Å². The van der Waals surface area contributed by atoms with Crippen molar-refractivity contribution in [2.24, 2.45) is 5.92 Å². The highest BCUT2D eigenvalue weighted by Gasteiger charge is 2.22. The van der Waals surface area contributed by atoms with Crippen molar-refractivity contribution in [1.29, 1.82) is 0 Å². The lowest BCUT2D eigenvalue weighted by Gasteiger charge is -2.33. The van der Waals surface area contributed by atoms with Gasteiger partial charge < -0.3 is 15.2 Å². The first kappa shape index (κ1) is 18.6. The van der Waals surface area contributed by atoms with E-state index in [2.05, 4.69) is 22.0 Å². The summed E-state index contributed by atoms with van der Waals surface area (Å²) in [6, 6.07) is 0. The highest BCUT2D eigenvalue weighted by Crippen LogP contribution is 2.25. The number of aliphatic hydroxyl groups excluding tert-OH is 1. The van der Waals surface area contributed by atoms with Crippen molar-refractivity contribution in [3.8, 4) is 0 Å². The Balaban J connectivity index is 1.52. The van der Waals surface area contributed by atoms with Crippen LogP contribution in [0.2, 0.25) is 0 Å². The minimum absolute atomic E-state index is 0.0842. The van der Waals surface area contributed by atoms with Gasteiger partial charge in [0.25, 0.3) is 0 Å². The van der Waals surface area contributed by atoms with Crippen LogP contribution in [0.4, 0.5) is 0 Å². The summed E-state index contributed by atoms with van der Waals surface area (Å²) in [4.78, 5) is 16.4. The maximum Gasteiger partial charge on any atom is 0.234 e. The lowest BCUT2D eigenvalue weighted by molar-refractivity contribution is -0.123. The second kappa shape index (κ2) is 10.2. The largest absolute Gasteiger partial charge is 0.395 e. The summed E-state index contributed by atoms with van der Waals surface area (Å²) in [5.74, 6) is 0.732. The molecule has 0 aromatic heterocycles. The van der Waals surface area contributed by atoms with Crippen LogP contribution in [0.5, 0.6) is 0 Å². The number of ether oxygens (including phenoxy) is 1. The van der Waals surface area contributed by atoms with E-state index in [9.17, 15) is 4.79 Å². The van der Waals surface area contributed by atoms with Crippen molar-refractivity contribution in [2.75, 3.05) is 59.0 Å². The van der Waals surface area contributed by atoms with Gasteiger partial charge in [0.15, 0.2) is 0 Å². The second-order valence-electron chi connectivity index (χ2n) is 6.86. The minimum Gasteiger partial charge on any atom is -0.395 e. The highest BCUT2D eigenvalue weighted by atomic mass is 16.5. The normalized spacial score (nSPS) is 27.0. The Bertz CT molecular complexity index is 346. The van der Waals surface area contributed by atoms with E-state index >= 15 is 0 Å². The average Bonchev–Trinajstić information content (AvgIpc) is 2.55. The Labute approximate surface area is 140 Å². The van der Waals surface area contributed by atoms with Crippen LogP contribution >= 0.6 is 0 Å². The fourth-order valence-corrected chi connectivity index (χ4v) is 3.50. The van der Waals surface area contributed by atoms with Crippen LogP contribution in [0.15, 0.2) is 0 Å². The number of nitrogens with zero attached hydrogens (tertiary/aromatic N) is 2. The van der Waals surface area contributed by atoms with Crippen molar-refractivity contribution in [3.63, 3.8) is 0 Å². The molecule has 23 heavy (non-hydrogen) atoms. The van der Waals surface area contributed by atoms with Crippen molar-refractivity contribution >= 4 is 5.91 Å². The third-order valence-electron chi connectivity index (χ3n) is 5.04. The molecule has 1 heterocycles. The van der Waals surface area contributed by atoms with Crippen molar-refractivity contribution in [1.82, 2.24) is 15.1 Å². The smallest absolute Gasteiger partial charge is 0.234 e. The molecule has 0 radical (unpaired) electrons. The molecule has 1 aliphatic heterocycles. The van der Waals surface area contributed by atoms with Crippen molar-refractivity contribution < 1.29 is 14.6 Å². The number of hydrogen-bond donors (Lipinski definition) is 2. The van der Waals surface area contributed by atoms with E-state index in [0.717, 1.165) is 39.1 Å². The summed E-state index contributed by atoms with van der Waals surface area (Å²) < 4.78 is 5.92.